The number of carboxylic acid groups (broad SMARTS) is 1. The van der Waals surface area contributed by atoms with Crippen molar-refractivity contribution in [1.29, 1.82) is 0 Å². The number of rotatable bonds is 10. The van der Waals surface area contributed by atoms with E-state index in [2.05, 4.69) is 10.6 Å². The number of urea groups is 1. The second kappa shape index (κ2) is 12.3. The van der Waals surface area contributed by atoms with E-state index >= 15 is 0 Å². The van der Waals surface area contributed by atoms with Gasteiger partial charge in [-0.2, -0.15) is 0 Å². The number of ether oxygens (including phenoxy) is 1. The van der Waals surface area contributed by atoms with Gasteiger partial charge in [-0.1, -0.05) is 30.3 Å². The molecule has 0 saturated carbocycles. The summed E-state index contributed by atoms with van der Waals surface area (Å²) in [5.41, 5.74) is -1.22. The highest BCUT2D eigenvalue weighted by Crippen LogP contribution is 2.44. The number of piperazine rings is 1. The summed E-state index contributed by atoms with van der Waals surface area (Å²) in [7, 11) is -4.74. The number of esters is 1. The Hall–Kier alpha value is -5.33. The second-order valence-electron chi connectivity index (χ2n) is 10.0. The molecule has 4 N–H and O–H groups in total. The summed E-state index contributed by atoms with van der Waals surface area (Å²) in [6.07, 6.45) is -0.0955. The fourth-order valence-electron chi connectivity index (χ4n) is 5.25. The van der Waals surface area contributed by atoms with Crippen LogP contribution in [-0.2, 0) is 48.1 Å². The van der Waals surface area contributed by atoms with Gasteiger partial charge >= 0.3 is 29.8 Å². The van der Waals surface area contributed by atoms with Crippen LogP contribution in [0.2, 0.25) is 0 Å². The molecule has 3 aliphatic rings. The molecule has 2 fully saturated rings. The third-order valence-corrected chi connectivity index (χ3v) is 9.60. The highest BCUT2D eigenvalue weighted by Gasteiger charge is 2.73. The number of hydrogen-bond donors (Lipinski definition) is 4. The first kappa shape index (κ1) is 32.6. The summed E-state index contributed by atoms with van der Waals surface area (Å²) in [5, 5.41) is 16.3. The number of aliphatic carboxylic acids is 1. The molecular weight excluding hydrogens is 620 g/mol. The number of carbonyl (C=O) groups is 8. The summed E-state index contributed by atoms with van der Waals surface area (Å²) < 4.78 is 31.9. The molecule has 7 amide bonds. The Balaban J connectivity index is 1.68. The van der Waals surface area contributed by atoms with Gasteiger partial charge in [-0.3, -0.25) is 38.6 Å². The zero-order valence-electron chi connectivity index (χ0n) is 23.8. The quantitative estimate of drug-likeness (QED) is 0.0869. The van der Waals surface area contributed by atoms with Gasteiger partial charge in [-0.25, -0.2) is 18.0 Å². The number of β-lactam (4-membered cyclic amide) rings is 1. The summed E-state index contributed by atoms with van der Waals surface area (Å²) in [6.45, 7) is 1.94. The monoisotopic (exact) mass is 648 g/mol. The summed E-state index contributed by atoms with van der Waals surface area (Å²) in [4.78, 5) is 99.5. The average Bonchev–Trinajstić information content (AvgIpc) is 2.99. The average molecular weight is 649 g/mol. The third-order valence-electron chi connectivity index (χ3n) is 7.39. The van der Waals surface area contributed by atoms with Crippen LogP contribution in [0.5, 0.6) is 0 Å². The normalized spacial score (nSPS) is 22.9. The summed E-state index contributed by atoms with van der Waals surface area (Å²) >= 11 is 0. The topological polar surface area (TPSA) is 246 Å². The standard InChI is InChI=1S/C26H28N6O12S/c1-3-30-9-10-31(23(38)22(30)37)25(41)28-17(15-7-5-4-6-8-15)20(35)29-19-21(36)32-18(24(39)40)16(11-44-14(2)34)12-45(42,43)26(19,32)27-13-33/h4-8,13,17,19H,3,9-12H2,1-2H3,(H,27,33)(H,28,41)(H,29,35)(H,39,40)/t17?,19-,26?/m0/s1. The molecule has 0 aromatic heterocycles. The van der Waals surface area contributed by atoms with Crippen LogP contribution < -0.4 is 16.0 Å². The molecule has 3 atom stereocenters. The lowest BCUT2D eigenvalue weighted by Gasteiger charge is -2.57. The molecular formula is C26H28N6O12S. The van der Waals surface area contributed by atoms with Crippen molar-refractivity contribution in [1.82, 2.24) is 30.7 Å². The highest BCUT2D eigenvalue weighted by atomic mass is 32.2. The van der Waals surface area contributed by atoms with Crippen molar-refractivity contribution in [3.8, 4) is 0 Å². The minimum atomic E-state index is -4.74. The Morgan fingerprint density at radius 3 is 2.36 bits per heavy atom. The maximum Gasteiger partial charge on any atom is 0.352 e. The van der Waals surface area contributed by atoms with Crippen LogP contribution in [0.25, 0.3) is 0 Å². The van der Waals surface area contributed by atoms with Crippen LogP contribution in [0.3, 0.4) is 0 Å². The molecule has 3 aliphatic heterocycles. The predicted octanol–water partition coefficient (Wildman–Crippen LogP) is -2.81. The van der Waals surface area contributed by atoms with E-state index in [4.69, 9.17) is 4.74 Å². The van der Waals surface area contributed by atoms with Gasteiger partial charge in [0.1, 0.15) is 18.3 Å². The molecule has 1 aromatic rings. The Morgan fingerprint density at radius 1 is 1.11 bits per heavy atom. The predicted molar refractivity (Wildman–Crippen MR) is 147 cm³/mol. The minimum absolute atomic E-state index is 0.0414. The molecule has 0 bridgehead atoms. The van der Waals surface area contributed by atoms with Gasteiger partial charge in [-0.15, -0.1) is 0 Å². The lowest BCUT2D eigenvalue weighted by molar-refractivity contribution is -0.161. The zero-order chi connectivity index (χ0) is 33.3. The van der Waals surface area contributed by atoms with E-state index in [0.717, 1.165) is 6.92 Å². The molecule has 45 heavy (non-hydrogen) atoms. The first-order valence-electron chi connectivity index (χ1n) is 13.3. The molecule has 240 valence electrons. The zero-order valence-corrected chi connectivity index (χ0v) is 24.7. The number of nitrogens with zero attached hydrogens (tertiary/aromatic N) is 3. The van der Waals surface area contributed by atoms with E-state index in [-0.39, 0.29) is 36.5 Å². The number of sulfone groups is 1. The Morgan fingerprint density at radius 2 is 1.78 bits per heavy atom. The lowest BCUT2D eigenvalue weighted by atomic mass is 9.96. The largest absolute Gasteiger partial charge is 0.477 e. The van der Waals surface area contributed by atoms with Crippen LogP contribution in [0, 0.1) is 0 Å². The number of fused-ring (bicyclic) bond motifs is 1. The number of likely N-dealkylation sites (N-methyl/N-ethyl adjacent to an activating group) is 1. The number of carbonyl (C=O) groups excluding carboxylic acids is 7. The summed E-state index contributed by atoms with van der Waals surface area (Å²) in [5.74, 6) is -8.21. The number of hydrogen-bond acceptors (Lipinski definition) is 11. The first-order valence-corrected chi connectivity index (χ1v) is 15.0. The van der Waals surface area contributed by atoms with Gasteiger partial charge in [-0.05, 0) is 12.5 Å². The Labute approximate surface area is 255 Å². The van der Waals surface area contributed by atoms with Crippen molar-refractivity contribution in [2.75, 3.05) is 32.0 Å². The SMILES string of the molecule is CCN1CCN(C(=O)NC(C(=O)N[C@H]2C(=O)N3C(C(=O)O)=C(COC(C)=O)CS(=O)(=O)C23NC=O)c2ccccc2)C(=O)C1=O. The van der Waals surface area contributed by atoms with E-state index in [1.54, 1.807) is 13.0 Å². The van der Waals surface area contributed by atoms with Crippen molar-refractivity contribution in [3.05, 3.63) is 47.2 Å². The molecule has 18 nitrogen and oxygen atoms in total. The van der Waals surface area contributed by atoms with Gasteiger partial charge in [0, 0.05) is 32.1 Å². The van der Waals surface area contributed by atoms with Crippen molar-refractivity contribution in [3.63, 3.8) is 0 Å². The van der Waals surface area contributed by atoms with Crippen LogP contribution in [-0.4, -0.2) is 119 Å². The number of amides is 7. The van der Waals surface area contributed by atoms with Crippen LogP contribution >= 0.6 is 0 Å². The van der Waals surface area contributed by atoms with E-state index in [9.17, 15) is 51.9 Å². The van der Waals surface area contributed by atoms with Crippen LogP contribution in [0.1, 0.15) is 25.5 Å². The van der Waals surface area contributed by atoms with Gasteiger partial charge in [0.25, 0.3) is 10.9 Å². The fraction of sp³-hybridized carbons (Fsp3) is 0.385. The second-order valence-corrected chi connectivity index (χ2v) is 12.1. The van der Waals surface area contributed by atoms with Gasteiger partial charge in [0.15, 0.2) is 6.04 Å². The molecule has 0 spiro atoms. The van der Waals surface area contributed by atoms with Gasteiger partial charge in [0.2, 0.25) is 22.2 Å². The molecule has 1 aromatic carbocycles. The maximum absolute atomic E-state index is 13.7. The molecule has 0 aliphatic carbocycles. The summed E-state index contributed by atoms with van der Waals surface area (Å²) in [6, 6.07) is 2.53. The van der Waals surface area contributed by atoms with Gasteiger partial charge < -0.3 is 30.7 Å². The molecule has 4 rings (SSSR count). The van der Waals surface area contributed by atoms with E-state index in [1.807, 2.05) is 5.32 Å². The minimum Gasteiger partial charge on any atom is -0.477 e. The smallest absolute Gasteiger partial charge is 0.352 e. The molecule has 3 heterocycles. The van der Waals surface area contributed by atoms with Crippen molar-refractivity contribution >= 4 is 57.8 Å². The Kier molecular flexibility index (Phi) is 8.94. The highest BCUT2D eigenvalue weighted by molar-refractivity contribution is 7.93. The number of benzene rings is 1. The van der Waals surface area contributed by atoms with Crippen LogP contribution in [0.4, 0.5) is 4.79 Å². The van der Waals surface area contributed by atoms with Crippen molar-refractivity contribution in [2.45, 2.75) is 30.9 Å². The third kappa shape index (κ3) is 5.56. The van der Waals surface area contributed by atoms with E-state index < -0.39 is 92.1 Å². The van der Waals surface area contributed by atoms with Crippen LogP contribution in [0.15, 0.2) is 41.6 Å². The first-order chi connectivity index (χ1) is 21.2. The molecule has 0 radical (unpaired) electrons. The van der Waals surface area contributed by atoms with Crippen molar-refractivity contribution in [2.24, 2.45) is 0 Å². The lowest BCUT2D eigenvalue weighted by Crippen LogP contribution is -2.88. The molecule has 2 unspecified atom stereocenters. The molecule has 2 saturated heterocycles. The molecule has 19 heteroatoms. The number of carboxylic acids is 1. The number of imide groups is 1. The number of nitrogens with one attached hydrogen (secondary N) is 3. The Bertz CT molecular complexity index is 1630. The maximum atomic E-state index is 13.7. The van der Waals surface area contributed by atoms with E-state index in [1.165, 1.54) is 29.2 Å². The van der Waals surface area contributed by atoms with Gasteiger partial charge in [0.05, 0.1) is 5.75 Å². The van der Waals surface area contributed by atoms with E-state index in [0.29, 0.717) is 4.90 Å². The van der Waals surface area contributed by atoms with Crippen molar-refractivity contribution < 1.29 is 56.6 Å². The fourth-order valence-corrected chi connectivity index (χ4v) is 7.36.